The molecule has 0 bridgehead atoms. The molecule has 0 spiro atoms. The molecule has 17 heavy (non-hydrogen) atoms. The SMILES string of the molecule is Cc1c(N)cccc1N(C)C1CCCC(C)C1. The second-order valence-electron chi connectivity index (χ2n) is 5.53. The van der Waals surface area contributed by atoms with Crippen LogP contribution < -0.4 is 10.6 Å². The van der Waals surface area contributed by atoms with Gasteiger partial charge in [0.1, 0.15) is 0 Å². The maximum absolute atomic E-state index is 5.99. The Kier molecular flexibility index (Phi) is 3.60. The van der Waals surface area contributed by atoms with E-state index in [0.717, 1.165) is 11.6 Å². The molecule has 0 radical (unpaired) electrons. The van der Waals surface area contributed by atoms with Gasteiger partial charge >= 0.3 is 0 Å². The molecule has 1 saturated carbocycles. The van der Waals surface area contributed by atoms with Crippen molar-refractivity contribution in [3.63, 3.8) is 0 Å². The summed E-state index contributed by atoms with van der Waals surface area (Å²) in [4.78, 5) is 2.43. The summed E-state index contributed by atoms with van der Waals surface area (Å²) in [6.07, 6.45) is 5.37. The lowest BCUT2D eigenvalue weighted by atomic mass is 9.86. The molecule has 2 heteroatoms. The molecule has 2 rings (SSSR count). The van der Waals surface area contributed by atoms with E-state index in [0.29, 0.717) is 6.04 Å². The molecule has 1 fully saturated rings. The number of nitrogen functional groups attached to an aromatic ring is 1. The first-order valence-corrected chi connectivity index (χ1v) is 6.67. The number of rotatable bonds is 2. The normalized spacial score (nSPS) is 24.6. The molecular weight excluding hydrogens is 208 g/mol. The summed E-state index contributed by atoms with van der Waals surface area (Å²) in [5, 5.41) is 0. The Morgan fingerprint density at radius 2 is 2.06 bits per heavy atom. The van der Waals surface area contributed by atoms with E-state index >= 15 is 0 Å². The van der Waals surface area contributed by atoms with Crippen molar-refractivity contribution in [1.82, 2.24) is 0 Å². The van der Waals surface area contributed by atoms with Gasteiger partial charge in [-0.1, -0.05) is 25.8 Å². The van der Waals surface area contributed by atoms with E-state index in [2.05, 4.69) is 37.9 Å². The van der Waals surface area contributed by atoms with E-state index < -0.39 is 0 Å². The fourth-order valence-corrected chi connectivity index (χ4v) is 2.97. The Morgan fingerprint density at radius 3 is 2.76 bits per heavy atom. The summed E-state index contributed by atoms with van der Waals surface area (Å²) < 4.78 is 0. The zero-order chi connectivity index (χ0) is 12.4. The van der Waals surface area contributed by atoms with Crippen molar-refractivity contribution in [3.8, 4) is 0 Å². The monoisotopic (exact) mass is 232 g/mol. The molecule has 2 atom stereocenters. The van der Waals surface area contributed by atoms with Gasteiger partial charge in [-0.2, -0.15) is 0 Å². The van der Waals surface area contributed by atoms with Crippen LogP contribution in [0, 0.1) is 12.8 Å². The second kappa shape index (κ2) is 4.99. The molecule has 1 aliphatic carbocycles. The van der Waals surface area contributed by atoms with E-state index in [9.17, 15) is 0 Å². The van der Waals surface area contributed by atoms with Crippen LogP contribution in [0.5, 0.6) is 0 Å². The third-order valence-electron chi connectivity index (χ3n) is 4.18. The maximum atomic E-state index is 5.99. The van der Waals surface area contributed by atoms with Gasteiger partial charge in [-0.25, -0.2) is 0 Å². The zero-order valence-corrected chi connectivity index (χ0v) is 11.2. The third kappa shape index (κ3) is 2.56. The summed E-state index contributed by atoms with van der Waals surface area (Å²) in [5.74, 6) is 0.859. The van der Waals surface area contributed by atoms with Gasteiger partial charge in [0.15, 0.2) is 0 Å². The summed E-state index contributed by atoms with van der Waals surface area (Å²) in [6, 6.07) is 6.90. The number of anilines is 2. The smallest absolute Gasteiger partial charge is 0.0416 e. The summed E-state index contributed by atoms with van der Waals surface area (Å²) in [5.41, 5.74) is 9.40. The summed E-state index contributed by atoms with van der Waals surface area (Å²) in [7, 11) is 2.21. The fraction of sp³-hybridized carbons (Fsp3) is 0.600. The van der Waals surface area contributed by atoms with Crippen LogP contribution in [0.15, 0.2) is 18.2 Å². The Labute approximate surface area is 105 Å². The molecule has 94 valence electrons. The summed E-state index contributed by atoms with van der Waals surface area (Å²) in [6.45, 7) is 4.49. The third-order valence-corrected chi connectivity index (χ3v) is 4.18. The van der Waals surface area contributed by atoms with Crippen LogP contribution in [0.2, 0.25) is 0 Å². The molecule has 2 unspecified atom stereocenters. The lowest BCUT2D eigenvalue weighted by Gasteiger charge is -2.36. The van der Waals surface area contributed by atoms with Gasteiger partial charge in [-0.15, -0.1) is 0 Å². The van der Waals surface area contributed by atoms with Crippen LogP contribution in [0.3, 0.4) is 0 Å². The largest absolute Gasteiger partial charge is 0.398 e. The average molecular weight is 232 g/mol. The average Bonchev–Trinajstić information content (AvgIpc) is 2.32. The van der Waals surface area contributed by atoms with Crippen molar-refractivity contribution in [3.05, 3.63) is 23.8 Å². The van der Waals surface area contributed by atoms with E-state index in [4.69, 9.17) is 5.73 Å². The number of hydrogen-bond acceptors (Lipinski definition) is 2. The Balaban J connectivity index is 2.18. The molecule has 0 amide bonds. The van der Waals surface area contributed by atoms with Crippen molar-refractivity contribution in [2.24, 2.45) is 5.92 Å². The quantitative estimate of drug-likeness (QED) is 0.790. The van der Waals surface area contributed by atoms with Gasteiger partial charge in [0, 0.05) is 24.5 Å². The molecular formula is C15H24N2. The van der Waals surface area contributed by atoms with E-state index in [1.54, 1.807) is 0 Å². The number of benzene rings is 1. The molecule has 1 aromatic rings. The second-order valence-corrected chi connectivity index (χ2v) is 5.53. The Hall–Kier alpha value is -1.18. The standard InChI is InChI=1S/C15H24N2/c1-11-6-4-7-13(10-11)17(3)15-9-5-8-14(16)12(15)2/h5,8-9,11,13H,4,6-7,10,16H2,1-3H3. The number of nitrogens with zero attached hydrogens (tertiary/aromatic N) is 1. The fourth-order valence-electron chi connectivity index (χ4n) is 2.97. The van der Waals surface area contributed by atoms with Crippen molar-refractivity contribution >= 4 is 11.4 Å². The highest BCUT2D eigenvalue weighted by molar-refractivity contribution is 5.64. The first-order valence-electron chi connectivity index (χ1n) is 6.67. The van der Waals surface area contributed by atoms with Gasteiger partial charge in [-0.3, -0.25) is 0 Å². The number of nitrogens with two attached hydrogens (primary N) is 1. The van der Waals surface area contributed by atoms with Crippen LogP contribution >= 0.6 is 0 Å². The van der Waals surface area contributed by atoms with E-state index in [1.165, 1.54) is 36.9 Å². The van der Waals surface area contributed by atoms with Gasteiger partial charge < -0.3 is 10.6 Å². The highest BCUT2D eigenvalue weighted by Crippen LogP contribution is 2.32. The van der Waals surface area contributed by atoms with Crippen molar-refractivity contribution in [2.45, 2.75) is 45.6 Å². The molecule has 1 aliphatic rings. The van der Waals surface area contributed by atoms with Crippen molar-refractivity contribution < 1.29 is 0 Å². The molecule has 0 aliphatic heterocycles. The van der Waals surface area contributed by atoms with E-state index in [-0.39, 0.29) is 0 Å². The van der Waals surface area contributed by atoms with Gasteiger partial charge in [0.25, 0.3) is 0 Å². The minimum absolute atomic E-state index is 0.680. The molecule has 2 nitrogen and oxygen atoms in total. The van der Waals surface area contributed by atoms with Crippen LogP contribution in [0.25, 0.3) is 0 Å². The van der Waals surface area contributed by atoms with Crippen LogP contribution in [0.4, 0.5) is 11.4 Å². The first-order chi connectivity index (χ1) is 8.09. The van der Waals surface area contributed by atoms with Crippen LogP contribution in [-0.2, 0) is 0 Å². The molecule has 0 saturated heterocycles. The Bertz CT molecular complexity index is 387. The highest BCUT2D eigenvalue weighted by atomic mass is 15.1. The minimum atomic E-state index is 0.680. The van der Waals surface area contributed by atoms with Crippen LogP contribution in [0.1, 0.15) is 38.2 Å². The molecule has 1 aromatic carbocycles. The van der Waals surface area contributed by atoms with Gasteiger partial charge in [-0.05, 0) is 43.4 Å². The molecule has 0 aromatic heterocycles. The van der Waals surface area contributed by atoms with Crippen molar-refractivity contribution in [2.75, 3.05) is 17.7 Å². The molecule has 0 heterocycles. The zero-order valence-electron chi connectivity index (χ0n) is 11.2. The lowest BCUT2D eigenvalue weighted by molar-refractivity contribution is 0.336. The highest BCUT2D eigenvalue weighted by Gasteiger charge is 2.23. The first kappa shape index (κ1) is 12.3. The van der Waals surface area contributed by atoms with E-state index in [1.807, 2.05) is 6.07 Å². The van der Waals surface area contributed by atoms with Crippen molar-refractivity contribution in [1.29, 1.82) is 0 Å². The molecule has 2 N–H and O–H groups in total. The minimum Gasteiger partial charge on any atom is -0.398 e. The lowest BCUT2D eigenvalue weighted by Crippen LogP contribution is -2.36. The predicted octanol–water partition coefficient (Wildman–Crippen LogP) is 3.59. The van der Waals surface area contributed by atoms with Crippen LogP contribution in [-0.4, -0.2) is 13.1 Å². The topological polar surface area (TPSA) is 29.3 Å². The predicted molar refractivity (Wildman–Crippen MR) is 75.4 cm³/mol. The Morgan fingerprint density at radius 1 is 1.29 bits per heavy atom. The summed E-state index contributed by atoms with van der Waals surface area (Å²) >= 11 is 0. The number of hydrogen-bond donors (Lipinski definition) is 1. The van der Waals surface area contributed by atoms with Gasteiger partial charge in [0.05, 0.1) is 0 Å². The van der Waals surface area contributed by atoms with Gasteiger partial charge in [0.2, 0.25) is 0 Å². The maximum Gasteiger partial charge on any atom is 0.0416 e.